The molecule has 3 heterocycles. The van der Waals surface area contributed by atoms with Crippen LogP contribution in [0.2, 0.25) is 5.02 Å². The summed E-state index contributed by atoms with van der Waals surface area (Å²) < 4.78 is 27.4. The zero-order valence-electron chi connectivity index (χ0n) is 24.3. The number of nitrogens with zero attached hydrogens (tertiary/aromatic N) is 3. The van der Waals surface area contributed by atoms with Crippen LogP contribution in [0, 0.1) is 11.7 Å². The summed E-state index contributed by atoms with van der Waals surface area (Å²) >= 11 is 6.35. The molecule has 11 heteroatoms. The number of benzene rings is 3. The van der Waals surface area contributed by atoms with Crippen LogP contribution in [-0.2, 0) is 21.7 Å². The van der Waals surface area contributed by atoms with Gasteiger partial charge in [0, 0.05) is 22.5 Å². The summed E-state index contributed by atoms with van der Waals surface area (Å²) in [6.45, 7) is 1.19. The van der Waals surface area contributed by atoms with E-state index in [-0.39, 0.29) is 18.3 Å². The Morgan fingerprint density at radius 1 is 1.20 bits per heavy atom. The molecule has 228 valence electrons. The number of aromatic nitrogens is 2. The molecule has 1 aromatic heterocycles. The summed E-state index contributed by atoms with van der Waals surface area (Å²) in [5.74, 6) is 1.29. The third kappa shape index (κ3) is 5.54. The van der Waals surface area contributed by atoms with Crippen molar-refractivity contribution in [3.05, 3.63) is 82.6 Å². The molecule has 2 amide bonds. The van der Waals surface area contributed by atoms with Gasteiger partial charge in [0.2, 0.25) is 5.91 Å². The van der Waals surface area contributed by atoms with E-state index >= 15 is 0 Å². The van der Waals surface area contributed by atoms with Crippen LogP contribution < -0.4 is 15.4 Å². The Bertz CT molecular complexity index is 1740. The molecule has 1 unspecified atom stereocenters. The number of ether oxygens (including phenoxy) is 2. The number of carbonyl (C=O) groups excluding carboxylic acids is 2. The van der Waals surface area contributed by atoms with E-state index in [1.165, 1.54) is 12.1 Å². The van der Waals surface area contributed by atoms with E-state index in [1.54, 1.807) is 34.9 Å². The van der Waals surface area contributed by atoms with Gasteiger partial charge in [-0.1, -0.05) is 36.6 Å². The maximum atomic E-state index is 14.4. The second-order valence-electron chi connectivity index (χ2n) is 12.0. The van der Waals surface area contributed by atoms with Gasteiger partial charge >= 0.3 is 6.09 Å². The Hall–Kier alpha value is -4.31. The van der Waals surface area contributed by atoms with Crippen molar-refractivity contribution in [1.82, 2.24) is 14.7 Å². The van der Waals surface area contributed by atoms with Crippen molar-refractivity contribution in [1.29, 1.82) is 0 Å². The lowest BCUT2D eigenvalue weighted by Gasteiger charge is -2.45. The second kappa shape index (κ2) is 11.3. The molecule has 1 saturated carbocycles. The summed E-state index contributed by atoms with van der Waals surface area (Å²) in [5.41, 5.74) is 2.05. The Balaban J connectivity index is 1.18. The molecule has 2 N–H and O–H groups in total. The predicted molar refractivity (Wildman–Crippen MR) is 166 cm³/mol. The van der Waals surface area contributed by atoms with Gasteiger partial charge in [0.25, 0.3) is 0 Å². The van der Waals surface area contributed by atoms with Crippen molar-refractivity contribution in [3.63, 3.8) is 0 Å². The van der Waals surface area contributed by atoms with Crippen molar-refractivity contribution < 1.29 is 23.5 Å². The molecule has 0 bridgehead atoms. The first-order valence-corrected chi connectivity index (χ1v) is 15.3. The lowest BCUT2D eigenvalue weighted by molar-refractivity contribution is -0.140. The molecule has 1 saturated heterocycles. The topological polar surface area (TPSA) is 97.7 Å². The van der Waals surface area contributed by atoms with E-state index in [2.05, 4.69) is 10.6 Å². The highest BCUT2D eigenvalue weighted by atomic mass is 35.5. The second-order valence-corrected chi connectivity index (χ2v) is 12.4. The molecule has 2 fully saturated rings. The Morgan fingerprint density at radius 2 is 2.02 bits per heavy atom. The van der Waals surface area contributed by atoms with Crippen molar-refractivity contribution >= 4 is 46.0 Å². The van der Waals surface area contributed by atoms with Gasteiger partial charge in [-0.2, -0.15) is 5.10 Å². The molecule has 0 radical (unpaired) electrons. The van der Waals surface area contributed by atoms with Crippen LogP contribution in [0.4, 0.5) is 20.7 Å². The van der Waals surface area contributed by atoms with Crippen LogP contribution in [0.25, 0.3) is 10.9 Å². The number of nitrogens with one attached hydrogen (secondary N) is 2. The maximum absolute atomic E-state index is 14.4. The third-order valence-electron chi connectivity index (χ3n) is 8.84. The first kappa shape index (κ1) is 28.5. The number of hydrogen-bond acceptors (Lipinski definition) is 6. The molecule has 1 aliphatic carbocycles. The van der Waals surface area contributed by atoms with Crippen molar-refractivity contribution in [2.24, 2.45) is 5.92 Å². The maximum Gasteiger partial charge on any atom is 0.412 e. The summed E-state index contributed by atoms with van der Waals surface area (Å²) in [6, 6.07) is 17.0. The highest BCUT2D eigenvalue weighted by molar-refractivity contribution is 6.30. The van der Waals surface area contributed by atoms with Crippen molar-refractivity contribution in [2.75, 3.05) is 30.8 Å². The summed E-state index contributed by atoms with van der Waals surface area (Å²) in [4.78, 5) is 28.6. The Labute approximate surface area is 259 Å². The molecular weight excluding hydrogens is 585 g/mol. The lowest BCUT2D eigenvalue weighted by atomic mass is 9.83. The molecule has 7 rings (SSSR count). The third-order valence-corrected chi connectivity index (χ3v) is 9.08. The van der Waals surface area contributed by atoms with E-state index in [9.17, 15) is 14.0 Å². The van der Waals surface area contributed by atoms with E-state index < -0.39 is 17.7 Å². The monoisotopic (exact) mass is 617 g/mol. The number of anilines is 2. The molecule has 3 aliphatic rings. The van der Waals surface area contributed by atoms with E-state index in [0.29, 0.717) is 60.3 Å². The summed E-state index contributed by atoms with van der Waals surface area (Å²) in [7, 11) is 1.62. The molecular formula is C33H33ClFN5O4. The standard InChI is InChI=1S/C33H33ClFN5O4/c1-43-24-9-5-21(6-10-24)18-40-29-17-23(35)8-11-25(29)30(38-40)36-28(15-20-3-4-20)31(41)39-14-2-13-33(19-39)26-16-22(34)7-12-27(26)37-32(42)44-33/h5-12,16-17,20,28H,2-4,13-15,18-19H2,1H3,(H,36,38)(H,37,42)/t28?,33-/m0/s1. The van der Waals surface area contributed by atoms with Crippen LogP contribution in [-0.4, -0.2) is 52.9 Å². The fourth-order valence-corrected chi connectivity index (χ4v) is 6.63. The Kier molecular flexibility index (Phi) is 7.32. The zero-order valence-corrected chi connectivity index (χ0v) is 25.1. The SMILES string of the molecule is COc1ccc(Cn2nc(NC(CC3CC3)C(=O)N3CCC[C@@]4(C3)OC(=O)Nc3ccc(Cl)cc34)c3ccc(F)cc32)cc1. The van der Waals surface area contributed by atoms with Crippen LogP contribution in [0.15, 0.2) is 60.7 Å². The summed E-state index contributed by atoms with van der Waals surface area (Å²) in [6.07, 6.45) is 3.51. The predicted octanol–water partition coefficient (Wildman–Crippen LogP) is 6.55. The van der Waals surface area contributed by atoms with Gasteiger partial charge in [-0.25, -0.2) is 9.18 Å². The average molecular weight is 618 g/mol. The smallest absolute Gasteiger partial charge is 0.412 e. The molecule has 1 spiro atoms. The number of amides is 2. The minimum Gasteiger partial charge on any atom is -0.497 e. The van der Waals surface area contributed by atoms with E-state index in [0.717, 1.165) is 35.1 Å². The van der Waals surface area contributed by atoms with Gasteiger partial charge in [0.05, 0.1) is 31.4 Å². The molecule has 9 nitrogen and oxygen atoms in total. The number of piperidine rings is 1. The first-order chi connectivity index (χ1) is 21.3. The number of likely N-dealkylation sites (tertiary alicyclic amines) is 1. The molecule has 2 atom stereocenters. The normalized spacial score (nSPS) is 20.2. The number of halogens is 2. The first-order valence-electron chi connectivity index (χ1n) is 14.9. The fourth-order valence-electron chi connectivity index (χ4n) is 6.46. The van der Waals surface area contributed by atoms with E-state index in [4.69, 9.17) is 26.2 Å². The minimum absolute atomic E-state index is 0.0749. The highest BCUT2D eigenvalue weighted by Gasteiger charge is 2.47. The zero-order chi connectivity index (χ0) is 30.4. The van der Waals surface area contributed by atoms with Gasteiger partial charge in [-0.05, 0) is 79.3 Å². The van der Waals surface area contributed by atoms with Gasteiger partial charge in [-0.15, -0.1) is 0 Å². The number of hydrogen-bond donors (Lipinski definition) is 2. The van der Waals surface area contributed by atoms with Gasteiger partial charge in [0.1, 0.15) is 17.6 Å². The van der Waals surface area contributed by atoms with Gasteiger partial charge in [0.15, 0.2) is 11.4 Å². The summed E-state index contributed by atoms with van der Waals surface area (Å²) in [5, 5.41) is 12.3. The number of fused-ring (bicyclic) bond motifs is 3. The molecule has 44 heavy (non-hydrogen) atoms. The van der Waals surface area contributed by atoms with Gasteiger partial charge < -0.3 is 19.7 Å². The van der Waals surface area contributed by atoms with Crippen LogP contribution >= 0.6 is 11.6 Å². The molecule has 2 aliphatic heterocycles. The minimum atomic E-state index is -0.981. The average Bonchev–Trinajstić information content (AvgIpc) is 3.78. The molecule has 4 aromatic rings. The van der Waals surface area contributed by atoms with Crippen LogP contribution in [0.5, 0.6) is 5.75 Å². The van der Waals surface area contributed by atoms with Crippen molar-refractivity contribution in [3.8, 4) is 5.75 Å². The molecule has 3 aromatic carbocycles. The van der Waals surface area contributed by atoms with Crippen molar-refractivity contribution in [2.45, 2.75) is 50.3 Å². The Morgan fingerprint density at radius 3 is 2.80 bits per heavy atom. The number of methoxy groups -OCH3 is 1. The van der Waals surface area contributed by atoms with Gasteiger partial charge in [-0.3, -0.25) is 14.8 Å². The van der Waals surface area contributed by atoms with Crippen LogP contribution in [0.1, 0.15) is 43.2 Å². The quantitative estimate of drug-likeness (QED) is 0.233. The lowest BCUT2D eigenvalue weighted by Crippen LogP contribution is -2.55. The number of carbonyl (C=O) groups is 2. The van der Waals surface area contributed by atoms with E-state index in [1.807, 2.05) is 30.3 Å². The largest absolute Gasteiger partial charge is 0.497 e. The number of rotatable bonds is 8. The fraction of sp³-hybridized carbons (Fsp3) is 0.364. The highest BCUT2D eigenvalue weighted by Crippen LogP contribution is 2.44. The van der Waals surface area contributed by atoms with Crippen LogP contribution in [0.3, 0.4) is 0 Å².